The van der Waals surface area contributed by atoms with Crippen LogP contribution in [0.15, 0.2) is 97.1 Å². The van der Waals surface area contributed by atoms with Crippen LogP contribution in [0.4, 0.5) is 0 Å². The molecular formula is C37H35ClO. The highest BCUT2D eigenvalue weighted by molar-refractivity contribution is 6.30. The van der Waals surface area contributed by atoms with E-state index in [1.54, 1.807) is 0 Å². The molecule has 4 aromatic carbocycles. The van der Waals surface area contributed by atoms with Crippen molar-refractivity contribution in [3.05, 3.63) is 130 Å². The van der Waals surface area contributed by atoms with Crippen molar-refractivity contribution in [2.75, 3.05) is 0 Å². The van der Waals surface area contributed by atoms with Gasteiger partial charge in [-0.3, -0.25) is 0 Å². The number of ether oxygens (including phenoxy) is 1. The van der Waals surface area contributed by atoms with Crippen LogP contribution in [0.2, 0.25) is 5.02 Å². The zero-order valence-electron chi connectivity index (χ0n) is 22.4. The predicted molar refractivity (Wildman–Crippen MR) is 159 cm³/mol. The molecule has 1 aliphatic heterocycles. The Morgan fingerprint density at radius 1 is 0.615 bits per heavy atom. The van der Waals surface area contributed by atoms with Gasteiger partial charge in [0.05, 0.1) is 17.6 Å². The lowest BCUT2D eigenvalue weighted by Gasteiger charge is -2.36. The average molecular weight is 531 g/mol. The minimum absolute atomic E-state index is 0.396. The van der Waals surface area contributed by atoms with Gasteiger partial charge in [-0.25, -0.2) is 0 Å². The van der Waals surface area contributed by atoms with Crippen LogP contribution in [0, 0.1) is 11.8 Å². The normalized spacial score (nSPS) is 30.7. The van der Waals surface area contributed by atoms with E-state index in [0.29, 0.717) is 18.1 Å². The molecular weight excluding hydrogens is 496 g/mol. The van der Waals surface area contributed by atoms with Gasteiger partial charge < -0.3 is 4.74 Å². The summed E-state index contributed by atoms with van der Waals surface area (Å²) < 4.78 is 6.85. The van der Waals surface area contributed by atoms with E-state index in [9.17, 15) is 0 Å². The third kappa shape index (κ3) is 3.56. The highest BCUT2D eigenvalue weighted by atomic mass is 35.5. The minimum Gasteiger partial charge on any atom is -0.374 e. The maximum absolute atomic E-state index is 6.85. The summed E-state index contributed by atoms with van der Waals surface area (Å²) in [7, 11) is 0. The molecule has 39 heavy (non-hydrogen) atoms. The largest absolute Gasteiger partial charge is 0.374 e. The zero-order valence-corrected chi connectivity index (χ0v) is 23.1. The zero-order chi connectivity index (χ0) is 26.0. The van der Waals surface area contributed by atoms with Crippen molar-refractivity contribution >= 4 is 11.6 Å². The first-order chi connectivity index (χ1) is 19.2. The lowest BCUT2D eigenvalue weighted by molar-refractivity contribution is -0.00547. The second-order valence-electron chi connectivity index (χ2n) is 12.3. The molecule has 3 fully saturated rings. The summed E-state index contributed by atoms with van der Waals surface area (Å²) >= 11 is 6.68. The summed E-state index contributed by atoms with van der Waals surface area (Å²) in [6, 6.07) is 36.0. The molecule has 0 aromatic heterocycles. The number of halogens is 1. The minimum atomic E-state index is -0.398. The van der Waals surface area contributed by atoms with E-state index >= 15 is 0 Å². The van der Waals surface area contributed by atoms with Gasteiger partial charge in [0.2, 0.25) is 0 Å². The van der Waals surface area contributed by atoms with Crippen LogP contribution in [0.5, 0.6) is 0 Å². The van der Waals surface area contributed by atoms with Crippen LogP contribution < -0.4 is 0 Å². The van der Waals surface area contributed by atoms with Crippen LogP contribution in [0.25, 0.3) is 11.1 Å². The second kappa shape index (κ2) is 9.36. The quantitative estimate of drug-likeness (QED) is 0.225. The monoisotopic (exact) mass is 530 g/mol. The van der Waals surface area contributed by atoms with Crippen molar-refractivity contribution in [1.82, 2.24) is 0 Å². The van der Waals surface area contributed by atoms with E-state index < -0.39 is 5.41 Å². The Morgan fingerprint density at radius 3 is 2.21 bits per heavy atom. The second-order valence-corrected chi connectivity index (χ2v) is 12.7. The van der Waals surface area contributed by atoms with Gasteiger partial charge in [0.15, 0.2) is 0 Å². The lowest BCUT2D eigenvalue weighted by atomic mass is 9.66. The Balaban J connectivity index is 1.25. The molecule has 6 atom stereocenters. The fraction of sp³-hybridized carbons (Fsp3) is 0.351. The summed E-state index contributed by atoms with van der Waals surface area (Å²) in [5, 5.41) is 0.784. The van der Waals surface area contributed by atoms with Crippen LogP contribution in [0.3, 0.4) is 0 Å². The van der Waals surface area contributed by atoms with E-state index in [1.807, 2.05) is 6.07 Å². The van der Waals surface area contributed by atoms with Gasteiger partial charge in [0.25, 0.3) is 0 Å². The van der Waals surface area contributed by atoms with Crippen molar-refractivity contribution < 1.29 is 4.74 Å². The van der Waals surface area contributed by atoms with Crippen molar-refractivity contribution in [2.24, 2.45) is 11.8 Å². The third-order valence-corrected chi connectivity index (χ3v) is 10.7. The molecule has 1 heterocycles. The molecule has 0 amide bonds. The molecule has 1 nitrogen and oxygen atoms in total. The molecule has 6 unspecified atom stereocenters. The summed E-state index contributed by atoms with van der Waals surface area (Å²) in [5.41, 5.74) is 8.83. The first kappa shape index (κ1) is 24.0. The molecule has 0 radical (unpaired) electrons. The SMILES string of the molecule is Clc1ccc2c(c1)C(c1ccccc1)(c1ccc(C3CCCC4C5CCCCC5OC34)cc1)c1ccccc1-2. The molecule has 0 N–H and O–H groups in total. The van der Waals surface area contributed by atoms with Gasteiger partial charge in [0, 0.05) is 10.9 Å². The molecule has 196 valence electrons. The van der Waals surface area contributed by atoms with Crippen molar-refractivity contribution in [1.29, 1.82) is 0 Å². The van der Waals surface area contributed by atoms with Crippen LogP contribution in [0.1, 0.15) is 78.7 Å². The predicted octanol–water partition coefficient (Wildman–Crippen LogP) is 9.54. The average Bonchev–Trinajstić information content (AvgIpc) is 3.51. The Hall–Kier alpha value is -2.87. The summed E-state index contributed by atoms with van der Waals surface area (Å²) in [4.78, 5) is 0. The maximum Gasteiger partial charge on any atom is 0.0714 e. The molecule has 4 aromatic rings. The van der Waals surface area contributed by atoms with Gasteiger partial charge in [-0.2, -0.15) is 0 Å². The standard InChI is InChI=1S/C37H35ClO/c38-27-21-22-30-29-11-4-6-15-33(29)37(34(30)23-27,25-9-2-1-3-10-25)26-19-17-24(18-20-26)28-13-8-14-32-31-12-5-7-16-35(31)39-36(28)32/h1-4,6,9-11,15,17-23,28,31-32,35-36H,5,7-8,12-14,16H2. The molecule has 2 saturated carbocycles. The Morgan fingerprint density at radius 2 is 1.33 bits per heavy atom. The van der Waals surface area contributed by atoms with Gasteiger partial charge in [-0.15, -0.1) is 0 Å². The van der Waals surface area contributed by atoms with Crippen molar-refractivity contribution in [2.45, 2.75) is 68.5 Å². The fourth-order valence-electron chi connectivity index (χ4n) is 8.91. The number of rotatable bonds is 3. The number of fused-ring (bicyclic) bond motifs is 6. The van der Waals surface area contributed by atoms with Crippen molar-refractivity contribution in [3.63, 3.8) is 0 Å². The van der Waals surface area contributed by atoms with Crippen molar-refractivity contribution in [3.8, 4) is 11.1 Å². The van der Waals surface area contributed by atoms with Gasteiger partial charge >= 0.3 is 0 Å². The van der Waals surface area contributed by atoms with E-state index in [0.717, 1.165) is 16.9 Å². The van der Waals surface area contributed by atoms with E-state index in [-0.39, 0.29) is 0 Å². The third-order valence-electron chi connectivity index (χ3n) is 10.5. The molecule has 1 saturated heterocycles. The Bertz CT molecular complexity index is 1510. The van der Waals surface area contributed by atoms with Gasteiger partial charge in [0.1, 0.15) is 0 Å². The lowest BCUT2D eigenvalue weighted by Crippen LogP contribution is -2.32. The van der Waals surface area contributed by atoms with Gasteiger partial charge in [-0.05, 0) is 88.6 Å². The van der Waals surface area contributed by atoms with E-state index in [1.165, 1.54) is 83.9 Å². The fourth-order valence-corrected chi connectivity index (χ4v) is 9.08. The molecule has 0 spiro atoms. The maximum atomic E-state index is 6.85. The summed E-state index contributed by atoms with van der Waals surface area (Å²) in [5.74, 6) is 2.05. The molecule has 3 aliphatic carbocycles. The molecule has 2 heteroatoms. The smallest absolute Gasteiger partial charge is 0.0714 e. The highest BCUT2D eigenvalue weighted by Gasteiger charge is 2.50. The molecule has 8 rings (SSSR count). The number of benzene rings is 4. The van der Waals surface area contributed by atoms with Crippen LogP contribution >= 0.6 is 11.6 Å². The summed E-state index contributed by atoms with van der Waals surface area (Å²) in [6.07, 6.45) is 10.2. The molecule has 4 aliphatic rings. The van der Waals surface area contributed by atoms with Crippen LogP contribution in [-0.4, -0.2) is 12.2 Å². The number of hydrogen-bond acceptors (Lipinski definition) is 1. The van der Waals surface area contributed by atoms with E-state index in [4.69, 9.17) is 16.3 Å². The Labute approximate surface area is 237 Å². The van der Waals surface area contributed by atoms with E-state index in [2.05, 4.69) is 91.0 Å². The highest BCUT2D eigenvalue weighted by Crippen LogP contribution is 2.57. The van der Waals surface area contributed by atoms with Crippen LogP contribution in [-0.2, 0) is 10.2 Å². The summed E-state index contributed by atoms with van der Waals surface area (Å²) in [6.45, 7) is 0. The topological polar surface area (TPSA) is 9.23 Å². The van der Waals surface area contributed by atoms with Gasteiger partial charge in [-0.1, -0.05) is 116 Å². The first-order valence-electron chi connectivity index (χ1n) is 15.0. The Kier molecular flexibility index (Phi) is 5.75. The molecule has 0 bridgehead atoms. The number of hydrogen-bond donors (Lipinski definition) is 0. The first-order valence-corrected chi connectivity index (χ1v) is 15.3.